The summed E-state index contributed by atoms with van der Waals surface area (Å²) in [4.78, 5) is 26.6. The van der Waals surface area contributed by atoms with Crippen LogP contribution >= 0.6 is 23.1 Å². The number of aliphatic hydroxyl groups is 1. The lowest BCUT2D eigenvalue weighted by Gasteiger charge is -2.45. The molecule has 1 saturated heterocycles. The maximum Gasteiger partial charge on any atom is 0.306 e. The largest absolute Gasteiger partial charge is 0.543 e. The number of rotatable bonds is 4. The van der Waals surface area contributed by atoms with Gasteiger partial charge in [-0.25, -0.2) is 4.57 Å². The molecule has 144 valence electrons. The molecule has 0 aromatic carbocycles. The van der Waals surface area contributed by atoms with Crippen molar-refractivity contribution in [3.05, 3.63) is 16.4 Å². The number of aromatic nitrogens is 2. The fraction of sp³-hybridized carbons (Fsp3) is 0.471. The molecule has 0 aliphatic carbocycles. The third kappa shape index (κ3) is 2.23. The van der Waals surface area contributed by atoms with Gasteiger partial charge in [0.2, 0.25) is 15.8 Å². The second-order valence-corrected chi connectivity index (χ2v) is 8.67. The number of hydrogen-bond acceptors (Lipinski definition) is 7. The standard InChI is InChI=1S/C17H19N3O5S2/c1-6(21)10-9-5-8(11(17(24)25)20(9)13(10)22)12-14(23)19-7(2)18(3)15(26-4)16(19)27-12/h6,9-10,21H,5H2,1-4H3,(H-,23,24,25)/t6-,9-,10-/m1/s1. The number of carboxylic acids is 1. The molecule has 0 bridgehead atoms. The molecule has 0 unspecified atom stereocenters. The Labute approximate surface area is 163 Å². The van der Waals surface area contributed by atoms with Gasteiger partial charge in [-0.3, -0.25) is 4.79 Å². The first-order valence-corrected chi connectivity index (χ1v) is 10.5. The van der Waals surface area contributed by atoms with Crippen LogP contribution < -0.4 is 9.67 Å². The molecule has 1 fully saturated rings. The number of carbonyl (C=O) groups excluding carboxylic acids is 2. The zero-order chi connectivity index (χ0) is 19.8. The van der Waals surface area contributed by atoms with Crippen LogP contribution in [0.25, 0.3) is 10.4 Å². The van der Waals surface area contributed by atoms with Gasteiger partial charge in [-0.15, -0.1) is 4.40 Å². The minimum absolute atomic E-state index is 0.0410. The minimum atomic E-state index is -1.45. The van der Waals surface area contributed by atoms with Crippen molar-refractivity contribution < 1.29 is 29.5 Å². The number of nitrogens with zero attached hydrogens (tertiary/aromatic N) is 3. The van der Waals surface area contributed by atoms with Crippen LogP contribution in [-0.2, 0) is 16.6 Å². The average Bonchev–Trinajstić information content (AvgIpc) is 3.17. The topological polar surface area (TPSA) is 109 Å². The van der Waals surface area contributed by atoms with Crippen LogP contribution in [0.1, 0.15) is 24.0 Å². The van der Waals surface area contributed by atoms with Gasteiger partial charge in [0.05, 0.1) is 36.8 Å². The van der Waals surface area contributed by atoms with Crippen LogP contribution in [0.15, 0.2) is 10.7 Å². The Bertz CT molecular complexity index is 1040. The molecule has 27 heavy (non-hydrogen) atoms. The number of β-lactam (4-membered cyclic amide) rings is 1. The molecule has 2 aliphatic rings. The van der Waals surface area contributed by atoms with E-state index in [2.05, 4.69) is 0 Å². The molecule has 4 rings (SSSR count). The van der Waals surface area contributed by atoms with Crippen molar-refractivity contribution in [2.24, 2.45) is 13.0 Å². The molecule has 10 heteroatoms. The lowest BCUT2D eigenvalue weighted by molar-refractivity contribution is -0.711. The maximum absolute atomic E-state index is 12.4. The summed E-state index contributed by atoms with van der Waals surface area (Å²) in [6, 6.07) is -0.418. The molecule has 2 N–H and O–H groups in total. The van der Waals surface area contributed by atoms with Gasteiger partial charge >= 0.3 is 5.88 Å². The van der Waals surface area contributed by atoms with E-state index in [0.717, 1.165) is 15.7 Å². The first kappa shape index (κ1) is 18.3. The summed E-state index contributed by atoms with van der Waals surface area (Å²) < 4.78 is 3.65. The monoisotopic (exact) mass is 409 g/mol. The molecule has 2 aromatic rings. The van der Waals surface area contributed by atoms with Crippen molar-refractivity contribution in [3.63, 3.8) is 0 Å². The van der Waals surface area contributed by atoms with Gasteiger partial charge in [0, 0.05) is 12.5 Å². The maximum atomic E-state index is 12.4. The van der Waals surface area contributed by atoms with E-state index < -0.39 is 29.9 Å². The van der Waals surface area contributed by atoms with E-state index in [-0.39, 0.29) is 18.0 Å². The highest BCUT2D eigenvalue weighted by molar-refractivity contribution is 7.98. The van der Waals surface area contributed by atoms with E-state index in [1.165, 1.54) is 34.9 Å². The van der Waals surface area contributed by atoms with Gasteiger partial charge in [-0.05, 0) is 19.6 Å². The second-order valence-electron chi connectivity index (χ2n) is 6.87. The van der Waals surface area contributed by atoms with Gasteiger partial charge in [0.25, 0.3) is 5.82 Å². The highest BCUT2D eigenvalue weighted by atomic mass is 32.2. The van der Waals surface area contributed by atoms with Crippen molar-refractivity contribution in [1.82, 2.24) is 9.30 Å². The summed E-state index contributed by atoms with van der Waals surface area (Å²) in [7, 11) is 1.90. The van der Waals surface area contributed by atoms with Crippen molar-refractivity contribution in [3.8, 4) is 5.88 Å². The van der Waals surface area contributed by atoms with Crippen LogP contribution in [0, 0.1) is 12.8 Å². The molecule has 2 aliphatic heterocycles. The van der Waals surface area contributed by atoms with Gasteiger partial charge in [0.1, 0.15) is 4.88 Å². The molecule has 0 saturated carbocycles. The molecular weight excluding hydrogens is 390 g/mol. The van der Waals surface area contributed by atoms with Gasteiger partial charge in [-0.2, -0.15) is 0 Å². The van der Waals surface area contributed by atoms with Crippen molar-refractivity contribution in [2.45, 2.75) is 37.4 Å². The number of fused-ring (bicyclic) bond motifs is 2. The van der Waals surface area contributed by atoms with Crippen LogP contribution in [0.3, 0.4) is 0 Å². The van der Waals surface area contributed by atoms with E-state index in [4.69, 9.17) is 0 Å². The number of aliphatic carboxylic acids is 1. The molecule has 3 atom stereocenters. The molecule has 0 radical (unpaired) electrons. The van der Waals surface area contributed by atoms with Gasteiger partial charge < -0.3 is 25.0 Å². The lowest BCUT2D eigenvalue weighted by atomic mass is 9.83. The summed E-state index contributed by atoms with van der Waals surface area (Å²) in [5, 5.41) is 33.4. The second kappa shape index (κ2) is 5.98. The van der Waals surface area contributed by atoms with E-state index >= 15 is 0 Å². The van der Waals surface area contributed by atoms with E-state index in [1.54, 1.807) is 4.40 Å². The van der Waals surface area contributed by atoms with E-state index in [9.17, 15) is 24.9 Å². The predicted molar refractivity (Wildman–Crippen MR) is 97.0 cm³/mol. The van der Waals surface area contributed by atoms with Crippen LogP contribution in [0.4, 0.5) is 0 Å². The zero-order valence-electron chi connectivity index (χ0n) is 15.2. The number of carboxylic acid groups (broad SMARTS) is 1. The summed E-state index contributed by atoms with van der Waals surface area (Å²) in [5.41, 5.74) is 0.186. The summed E-state index contributed by atoms with van der Waals surface area (Å²) in [6.45, 7) is 3.39. The SMILES string of the molecule is CSc1c2sc(C3=C(C(=O)[O-])N4C(=O)[C@H]([C@@H](C)O)[C@H]4C3)c(O)n2c(C)[n+]1C. The molecule has 2 aromatic heterocycles. The van der Waals surface area contributed by atoms with Crippen molar-refractivity contribution in [2.75, 3.05) is 6.26 Å². The summed E-state index contributed by atoms with van der Waals surface area (Å²) >= 11 is 2.83. The van der Waals surface area contributed by atoms with Gasteiger partial charge in [-0.1, -0.05) is 23.1 Å². The predicted octanol–water partition coefficient (Wildman–Crippen LogP) is -0.366. The summed E-state index contributed by atoms with van der Waals surface area (Å²) in [6.07, 6.45) is 1.34. The molecule has 4 heterocycles. The third-order valence-electron chi connectivity index (χ3n) is 5.50. The van der Waals surface area contributed by atoms with Gasteiger partial charge in [0.15, 0.2) is 0 Å². The molecule has 0 spiro atoms. The highest BCUT2D eigenvalue weighted by Gasteiger charge is 2.56. The Hall–Kier alpha value is -2.04. The Morgan fingerprint density at radius 3 is 2.70 bits per heavy atom. The zero-order valence-corrected chi connectivity index (χ0v) is 16.8. The van der Waals surface area contributed by atoms with Crippen LogP contribution in [-0.4, -0.2) is 49.8 Å². The normalized spacial score (nSPS) is 23.1. The first-order chi connectivity index (χ1) is 12.7. The van der Waals surface area contributed by atoms with E-state index in [0.29, 0.717) is 10.5 Å². The fourth-order valence-electron chi connectivity index (χ4n) is 4.15. The molecular formula is C17H19N3O5S2. The van der Waals surface area contributed by atoms with E-state index in [1.807, 2.05) is 24.8 Å². The van der Waals surface area contributed by atoms with Crippen LogP contribution in [0.5, 0.6) is 5.88 Å². The Morgan fingerprint density at radius 2 is 2.15 bits per heavy atom. The smallest absolute Gasteiger partial charge is 0.306 e. The first-order valence-electron chi connectivity index (χ1n) is 8.43. The number of aromatic hydroxyl groups is 1. The number of imidazole rings is 1. The number of aliphatic hydroxyl groups excluding tert-OH is 1. The number of thioether (sulfide) groups is 1. The average molecular weight is 409 g/mol. The Morgan fingerprint density at radius 1 is 1.48 bits per heavy atom. The third-order valence-corrected chi connectivity index (χ3v) is 7.69. The fourth-order valence-corrected chi connectivity index (χ4v) is 6.41. The number of carbonyl (C=O) groups is 2. The molecule has 8 nitrogen and oxygen atoms in total. The number of aryl methyl sites for hydroxylation is 1. The summed E-state index contributed by atoms with van der Waals surface area (Å²) in [5.74, 6) is -1.73. The number of amides is 1. The Kier molecular flexibility index (Phi) is 4.06. The number of hydrogen-bond donors (Lipinski definition) is 2. The molecule has 1 amide bonds. The Balaban J connectivity index is 1.90. The highest BCUT2D eigenvalue weighted by Crippen LogP contribution is 2.50. The minimum Gasteiger partial charge on any atom is -0.543 e. The van der Waals surface area contributed by atoms with Crippen LogP contribution in [0.2, 0.25) is 0 Å². The van der Waals surface area contributed by atoms with Crippen molar-refractivity contribution >= 4 is 45.4 Å². The quantitative estimate of drug-likeness (QED) is 0.405. The van der Waals surface area contributed by atoms with Crippen molar-refractivity contribution in [1.29, 1.82) is 0 Å². The lowest BCUT2D eigenvalue weighted by Crippen LogP contribution is -2.62. The number of thiazole rings is 1.